The van der Waals surface area contributed by atoms with Gasteiger partial charge in [0.2, 0.25) is 5.95 Å². The highest BCUT2D eigenvalue weighted by molar-refractivity contribution is 5.96. The molecule has 1 aromatic rings. The van der Waals surface area contributed by atoms with E-state index in [-0.39, 0.29) is 0 Å². The molecule has 1 heterocycles. The molecule has 1 amide bonds. The Bertz CT molecular complexity index is 512. The van der Waals surface area contributed by atoms with Crippen LogP contribution in [0.4, 0.5) is 8.78 Å². The van der Waals surface area contributed by atoms with Gasteiger partial charge < -0.3 is 10.4 Å². The molecule has 0 spiro atoms. The quantitative estimate of drug-likeness (QED) is 0.819. The summed E-state index contributed by atoms with van der Waals surface area (Å²) in [5.74, 6) is -5.06. The lowest BCUT2D eigenvalue weighted by molar-refractivity contribution is -0.142. The fourth-order valence-corrected chi connectivity index (χ4v) is 1.45. The van der Waals surface area contributed by atoms with E-state index in [4.69, 9.17) is 5.11 Å². The largest absolute Gasteiger partial charge is 0.480 e. The summed E-state index contributed by atoms with van der Waals surface area (Å²) in [5, 5.41) is 11.2. The Labute approximate surface area is 108 Å². The second-order valence-corrected chi connectivity index (χ2v) is 5.07. The first-order valence-electron chi connectivity index (χ1n) is 5.48. The van der Waals surface area contributed by atoms with Gasteiger partial charge in [-0.15, -0.1) is 0 Å². The summed E-state index contributed by atoms with van der Waals surface area (Å²) in [6.07, 6.45) is 0.931. The van der Waals surface area contributed by atoms with Crippen molar-refractivity contribution in [2.75, 3.05) is 0 Å². The predicted octanol–water partition coefficient (Wildman–Crippen LogP) is 1.59. The first-order chi connectivity index (χ1) is 8.64. The fourth-order valence-electron chi connectivity index (χ4n) is 1.45. The molecule has 19 heavy (non-hydrogen) atoms. The zero-order valence-electron chi connectivity index (χ0n) is 10.7. The molecule has 7 heteroatoms. The summed E-state index contributed by atoms with van der Waals surface area (Å²) < 4.78 is 26.2. The third-order valence-electron chi connectivity index (χ3n) is 2.48. The Morgan fingerprint density at radius 2 is 1.95 bits per heavy atom. The summed E-state index contributed by atoms with van der Waals surface area (Å²) >= 11 is 0. The number of halogens is 2. The van der Waals surface area contributed by atoms with Gasteiger partial charge in [-0.05, 0) is 11.5 Å². The Kier molecular flexibility index (Phi) is 4.18. The van der Waals surface area contributed by atoms with Crippen molar-refractivity contribution in [2.24, 2.45) is 5.41 Å². The highest BCUT2D eigenvalue weighted by atomic mass is 19.2. The summed E-state index contributed by atoms with van der Waals surface area (Å²) in [6, 6.07) is -0.245. The third kappa shape index (κ3) is 3.46. The molecular formula is C12H14F2N2O3. The van der Waals surface area contributed by atoms with Gasteiger partial charge in [-0.3, -0.25) is 4.79 Å². The van der Waals surface area contributed by atoms with E-state index in [0.29, 0.717) is 0 Å². The Morgan fingerprint density at radius 1 is 1.37 bits per heavy atom. The highest BCUT2D eigenvalue weighted by Crippen LogP contribution is 2.20. The van der Waals surface area contributed by atoms with Crippen LogP contribution in [0.25, 0.3) is 0 Å². The van der Waals surface area contributed by atoms with Gasteiger partial charge in [-0.25, -0.2) is 14.2 Å². The zero-order valence-corrected chi connectivity index (χ0v) is 10.7. The Balaban J connectivity index is 3.02. The van der Waals surface area contributed by atoms with Crippen LogP contribution in [0.2, 0.25) is 0 Å². The smallest absolute Gasteiger partial charge is 0.326 e. The number of amides is 1. The number of hydrogen-bond acceptors (Lipinski definition) is 3. The molecule has 1 atom stereocenters. The Morgan fingerprint density at radius 3 is 2.42 bits per heavy atom. The third-order valence-corrected chi connectivity index (χ3v) is 2.48. The lowest BCUT2D eigenvalue weighted by atomic mass is 9.86. The van der Waals surface area contributed by atoms with Crippen molar-refractivity contribution in [1.82, 2.24) is 10.3 Å². The maximum absolute atomic E-state index is 13.4. The number of nitrogens with zero attached hydrogens (tertiary/aromatic N) is 1. The topological polar surface area (TPSA) is 79.3 Å². The van der Waals surface area contributed by atoms with E-state index in [1.807, 2.05) is 0 Å². The molecule has 104 valence electrons. The molecule has 0 unspecified atom stereocenters. The van der Waals surface area contributed by atoms with E-state index in [9.17, 15) is 18.4 Å². The van der Waals surface area contributed by atoms with Crippen molar-refractivity contribution in [3.8, 4) is 0 Å². The molecule has 0 aromatic carbocycles. The number of carboxylic acid groups (broad SMARTS) is 1. The van der Waals surface area contributed by atoms with Crippen molar-refractivity contribution in [2.45, 2.75) is 26.8 Å². The van der Waals surface area contributed by atoms with E-state index in [1.54, 1.807) is 20.8 Å². The maximum atomic E-state index is 13.4. The minimum absolute atomic E-state index is 0.581. The lowest BCUT2D eigenvalue weighted by Gasteiger charge is -2.27. The molecule has 0 saturated carbocycles. The first-order valence-corrected chi connectivity index (χ1v) is 5.48. The van der Waals surface area contributed by atoms with Crippen LogP contribution in [0.1, 0.15) is 31.1 Å². The number of rotatable bonds is 3. The van der Waals surface area contributed by atoms with Gasteiger partial charge in [0.05, 0.1) is 5.56 Å². The number of carboxylic acids is 1. The molecule has 0 aliphatic rings. The number of nitrogens with one attached hydrogen (secondary N) is 1. The van der Waals surface area contributed by atoms with Crippen molar-refractivity contribution in [3.05, 3.63) is 29.6 Å². The fraction of sp³-hybridized carbons (Fsp3) is 0.417. The average Bonchev–Trinajstić information content (AvgIpc) is 2.27. The second-order valence-electron chi connectivity index (χ2n) is 5.07. The van der Waals surface area contributed by atoms with Gasteiger partial charge in [0.15, 0.2) is 5.82 Å². The summed E-state index contributed by atoms with van der Waals surface area (Å²) in [7, 11) is 0. The van der Waals surface area contributed by atoms with Crippen LogP contribution in [0.5, 0.6) is 0 Å². The van der Waals surface area contributed by atoms with Gasteiger partial charge in [-0.2, -0.15) is 4.39 Å². The number of hydrogen-bond donors (Lipinski definition) is 2. The number of pyridine rings is 1. The van der Waals surface area contributed by atoms with E-state index in [0.717, 1.165) is 12.3 Å². The molecule has 1 rings (SSSR count). The molecular weight excluding hydrogens is 258 g/mol. The molecule has 1 aromatic heterocycles. The van der Waals surface area contributed by atoms with Gasteiger partial charge in [0.25, 0.3) is 5.91 Å². The van der Waals surface area contributed by atoms with Gasteiger partial charge in [0, 0.05) is 6.20 Å². The molecule has 5 nitrogen and oxygen atoms in total. The second kappa shape index (κ2) is 5.29. The van der Waals surface area contributed by atoms with E-state index in [2.05, 4.69) is 10.3 Å². The first kappa shape index (κ1) is 15.0. The van der Waals surface area contributed by atoms with Crippen molar-refractivity contribution in [3.63, 3.8) is 0 Å². The number of carbonyl (C=O) groups is 2. The van der Waals surface area contributed by atoms with Gasteiger partial charge in [-0.1, -0.05) is 20.8 Å². The molecule has 0 saturated heterocycles. The monoisotopic (exact) mass is 272 g/mol. The molecule has 2 N–H and O–H groups in total. The highest BCUT2D eigenvalue weighted by Gasteiger charge is 2.33. The molecule has 0 fully saturated rings. The summed E-state index contributed by atoms with van der Waals surface area (Å²) in [4.78, 5) is 25.9. The number of aliphatic carboxylic acids is 1. The minimum atomic E-state index is -1.41. The van der Waals surface area contributed by atoms with Gasteiger partial charge >= 0.3 is 5.97 Å². The Hall–Kier alpha value is -2.05. The molecule has 0 aliphatic heterocycles. The van der Waals surface area contributed by atoms with Crippen LogP contribution in [0, 0.1) is 17.2 Å². The van der Waals surface area contributed by atoms with Crippen LogP contribution < -0.4 is 5.32 Å². The lowest BCUT2D eigenvalue weighted by Crippen LogP contribution is -2.49. The van der Waals surface area contributed by atoms with Crippen LogP contribution in [0.15, 0.2) is 12.3 Å². The number of aromatic nitrogens is 1. The van der Waals surface area contributed by atoms with E-state index < -0.39 is 40.7 Å². The predicted molar refractivity (Wildman–Crippen MR) is 62.5 cm³/mol. The van der Waals surface area contributed by atoms with Crippen molar-refractivity contribution >= 4 is 11.9 Å². The zero-order chi connectivity index (χ0) is 14.8. The standard InChI is InChI=1S/C12H14F2N2O3/c1-12(2,3)8(11(18)19)16-10(17)6-4-5-15-9(14)7(6)13/h4-5,8H,1-3H3,(H,16,17)(H,18,19)/t8-/m0/s1. The summed E-state index contributed by atoms with van der Waals surface area (Å²) in [5.41, 5.74) is -1.35. The van der Waals surface area contributed by atoms with Crippen LogP contribution in [-0.2, 0) is 4.79 Å². The van der Waals surface area contributed by atoms with E-state index in [1.165, 1.54) is 0 Å². The van der Waals surface area contributed by atoms with Crippen LogP contribution in [-0.4, -0.2) is 28.0 Å². The minimum Gasteiger partial charge on any atom is -0.480 e. The number of carbonyl (C=O) groups excluding carboxylic acids is 1. The van der Waals surface area contributed by atoms with Crippen molar-refractivity contribution in [1.29, 1.82) is 0 Å². The van der Waals surface area contributed by atoms with Crippen LogP contribution in [0.3, 0.4) is 0 Å². The normalized spacial score (nSPS) is 12.9. The van der Waals surface area contributed by atoms with Gasteiger partial charge in [0.1, 0.15) is 6.04 Å². The SMILES string of the molecule is CC(C)(C)[C@@H](NC(=O)c1ccnc(F)c1F)C(=O)O. The van der Waals surface area contributed by atoms with Crippen molar-refractivity contribution < 1.29 is 23.5 Å². The van der Waals surface area contributed by atoms with E-state index >= 15 is 0 Å². The summed E-state index contributed by atoms with van der Waals surface area (Å²) in [6.45, 7) is 4.82. The maximum Gasteiger partial charge on any atom is 0.326 e. The molecule has 0 bridgehead atoms. The van der Waals surface area contributed by atoms with Crippen LogP contribution >= 0.6 is 0 Å². The molecule has 0 radical (unpaired) electrons. The average molecular weight is 272 g/mol. The molecule has 0 aliphatic carbocycles.